The van der Waals surface area contributed by atoms with Crippen molar-refractivity contribution in [2.75, 3.05) is 25.7 Å². The van der Waals surface area contributed by atoms with E-state index in [9.17, 15) is 8.42 Å². The monoisotopic (exact) mass is 322 g/mol. The van der Waals surface area contributed by atoms with Gasteiger partial charge in [-0.05, 0) is 18.2 Å². The maximum absolute atomic E-state index is 11.0. The second kappa shape index (κ2) is 6.26. The Bertz CT molecular complexity index is 470. The van der Waals surface area contributed by atoms with Crippen molar-refractivity contribution in [3.05, 3.63) is 23.8 Å². The highest BCUT2D eigenvalue weighted by atomic mass is 79.9. The molecule has 0 atom stereocenters. The minimum absolute atomic E-state index is 0.0146. The third-order valence-corrected chi connectivity index (χ3v) is 3.64. The summed E-state index contributed by atoms with van der Waals surface area (Å²) in [6.45, 7) is 0.158. The molecule has 0 aliphatic carbocycles. The van der Waals surface area contributed by atoms with E-state index in [4.69, 9.17) is 9.47 Å². The molecule has 0 aromatic heterocycles. The Hall–Kier alpha value is -0.750. The highest BCUT2D eigenvalue weighted by molar-refractivity contribution is 9.08. The molecule has 0 aliphatic heterocycles. The first-order valence-corrected chi connectivity index (χ1v) is 8.18. The van der Waals surface area contributed by atoms with Gasteiger partial charge in [-0.25, -0.2) is 8.42 Å². The molecule has 0 bridgehead atoms. The summed E-state index contributed by atoms with van der Waals surface area (Å²) < 4.78 is 32.5. The molecular weight excluding hydrogens is 308 g/mol. The largest absolute Gasteiger partial charge is 0.497 e. The number of rotatable bonds is 6. The first kappa shape index (κ1) is 14.3. The average Bonchev–Trinajstić information content (AvgIpc) is 2.27. The molecule has 0 saturated carbocycles. The molecule has 0 N–H and O–H groups in total. The van der Waals surface area contributed by atoms with E-state index >= 15 is 0 Å². The van der Waals surface area contributed by atoms with Crippen molar-refractivity contribution in [1.82, 2.24) is 0 Å². The number of sulfone groups is 1. The lowest BCUT2D eigenvalue weighted by molar-refractivity contribution is 0.337. The van der Waals surface area contributed by atoms with E-state index in [-0.39, 0.29) is 12.4 Å². The molecule has 0 saturated heterocycles. The Morgan fingerprint density at radius 3 is 2.59 bits per heavy atom. The Balaban J connectivity index is 2.70. The van der Waals surface area contributed by atoms with E-state index in [2.05, 4.69) is 15.9 Å². The van der Waals surface area contributed by atoms with Gasteiger partial charge < -0.3 is 9.47 Å². The SMILES string of the molecule is COc1ccc(OCCS(C)(=O)=O)c(CBr)c1. The molecule has 17 heavy (non-hydrogen) atoms. The van der Waals surface area contributed by atoms with Gasteiger partial charge in [0.05, 0.1) is 12.9 Å². The van der Waals surface area contributed by atoms with Crippen LogP contribution in [-0.2, 0) is 15.2 Å². The lowest BCUT2D eigenvalue weighted by Gasteiger charge is -2.11. The predicted octanol–water partition coefficient (Wildman–Crippen LogP) is 2.01. The molecule has 6 heteroatoms. The number of halogens is 1. The van der Waals surface area contributed by atoms with E-state index in [1.54, 1.807) is 19.2 Å². The number of benzene rings is 1. The molecule has 0 fully saturated rings. The Morgan fingerprint density at radius 1 is 1.35 bits per heavy atom. The first-order chi connectivity index (χ1) is 7.96. The maximum Gasteiger partial charge on any atom is 0.150 e. The van der Waals surface area contributed by atoms with Gasteiger partial charge in [0.1, 0.15) is 18.1 Å². The molecule has 0 aliphatic rings. The molecular formula is C11H15BrO4S. The van der Waals surface area contributed by atoms with Crippen LogP contribution in [0, 0.1) is 0 Å². The van der Waals surface area contributed by atoms with Crippen LogP contribution < -0.4 is 9.47 Å². The zero-order valence-corrected chi connectivity index (χ0v) is 12.2. The van der Waals surface area contributed by atoms with E-state index in [0.717, 1.165) is 11.3 Å². The van der Waals surface area contributed by atoms with Gasteiger partial charge in [-0.15, -0.1) is 0 Å². The Morgan fingerprint density at radius 2 is 2.06 bits per heavy atom. The number of hydrogen-bond donors (Lipinski definition) is 0. The number of ether oxygens (including phenoxy) is 2. The quantitative estimate of drug-likeness (QED) is 0.752. The predicted molar refractivity (Wildman–Crippen MR) is 70.8 cm³/mol. The van der Waals surface area contributed by atoms with E-state index in [1.165, 1.54) is 6.26 Å². The second-order valence-electron chi connectivity index (χ2n) is 3.59. The summed E-state index contributed by atoms with van der Waals surface area (Å²) in [6, 6.07) is 5.41. The molecule has 1 aromatic carbocycles. The third kappa shape index (κ3) is 4.95. The van der Waals surface area contributed by atoms with E-state index < -0.39 is 9.84 Å². The molecule has 1 rings (SSSR count). The summed E-state index contributed by atoms with van der Waals surface area (Å²) in [4.78, 5) is 0. The standard InChI is InChI=1S/C11H15BrO4S/c1-15-10-3-4-11(9(7-10)8-12)16-5-6-17(2,13)14/h3-4,7H,5-6,8H2,1-2H3. The van der Waals surface area contributed by atoms with Crippen molar-refractivity contribution in [2.24, 2.45) is 0 Å². The van der Waals surface area contributed by atoms with E-state index in [0.29, 0.717) is 11.1 Å². The fourth-order valence-corrected chi connectivity index (χ4v) is 2.06. The van der Waals surface area contributed by atoms with Crippen molar-refractivity contribution in [3.63, 3.8) is 0 Å². The number of methoxy groups -OCH3 is 1. The molecule has 0 unspecified atom stereocenters. The maximum atomic E-state index is 11.0. The molecule has 0 spiro atoms. The Kier molecular flexibility index (Phi) is 5.27. The van der Waals surface area contributed by atoms with Crippen LogP contribution >= 0.6 is 15.9 Å². The zero-order chi connectivity index (χ0) is 12.9. The van der Waals surface area contributed by atoms with Gasteiger partial charge in [-0.3, -0.25) is 0 Å². The Labute approximate surface area is 110 Å². The fraction of sp³-hybridized carbons (Fsp3) is 0.455. The summed E-state index contributed by atoms with van der Waals surface area (Å²) in [5, 5.41) is 0.623. The van der Waals surface area contributed by atoms with Crippen molar-refractivity contribution in [1.29, 1.82) is 0 Å². The lowest BCUT2D eigenvalue weighted by atomic mass is 10.2. The summed E-state index contributed by atoms with van der Waals surface area (Å²) in [5.74, 6) is 1.43. The smallest absolute Gasteiger partial charge is 0.150 e. The van der Waals surface area contributed by atoms with Gasteiger partial charge in [0, 0.05) is 17.1 Å². The number of alkyl halides is 1. The van der Waals surface area contributed by atoms with Crippen LogP contribution in [0.2, 0.25) is 0 Å². The molecule has 4 nitrogen and oxygen atoms in total. The summed E-state index contributed by atoms with van der Waals surface area (Å²) in [6.07, 6.45) is 1.19. The van der Waals surface area contributed by atoms with Crippen LogP contribution in [0.25, 0.3) is 0 Å². The normalized spacial score (nSPS) is 11.2. The van der Waals surface area contributed by atoms with Crippen LogP contribution in [0.1, 0.15) is 5.56 Å². The molecule has 1 aromatic rings. The highest BCUT2D eigenvalue weighted by Crippen LogP contribution is 2.26. The molecule has 0 heterocycles. The lowest BCUT2D eigenvalue weighted by Crippen LogP contribution is -2.12. The highest BCUT2D eigenvalue weighted by Gasteiger charge is 2.07. The minimum atomic E-state index is -2.99. The second-order valence-corrected chi connectivity index (χ2v) is 6.41. The van der Waals surface area contributed by atoms with Crippen molar-refractivity contribution in [2.45, 2.75) is 5.33 Å². The van der Waals surface area contributed by atoms with Gasteiger partial charge in [-0.1, -0.05) is 15.9 Å². The van der Waals surface area contributed by atoms with Crippen molar-refractivity contribution < 1.29 is 17.9 Å². The summed E-state index contributed by atoms with van der Waals surface area (Å²) in [5.41, 5.74) is 0.929. The zero-order valence-electron chi connectivity index (χ0n) is 9.77. The average molecular weight is 323 g/mol. The van der Waals surface area contributed by atoms with Crippen LogP contribution in [0.3, 0.4) is 0 Å². The molecule has 0 amide bonds. The summed E-state index contributed by atoms with van der Waals surface area (Å²) >= 11 is 3.35. The van der Waals surface area contributed by atoms with Crippen LogP contribution in [0.4, 0.5) is 0 Å². The van der Waals surface area contributed by atoms with Crippen LogP contribution in [0.5, 0.6) is 11.5 Å². The van der Waals surface area contributed by atoms with Crippen molar-refractivity contribution >= 4 is 25.8 Å². The molecule has 0 radical (unpaired) electrons. The van der Waals surface area contributed by atoms with Crippen LogP contribution in [0.15, 0.2) is 18.2 Å². The van der Waals surface area contributed by atoms with E-state index in [1.807, 2.05) is 6.07 Å². The summed E-state index contributed by atoms with van der Waals surface area (Å²) in [7, 11) is -1.39. The topological polar surface area (TPSA) is 52.6 Å². The van der Waals surface area contributed by atoms with Gasteiger partial charge in [0.2, 0.25) is 0 Å². The van der Waals surface area contributed by atoms with Gasteiger partial charge >= 0.3 is 0 Å². The van der Waals surface area contributed by atoms with Gasteiger partial charge in [0.25, 0.3) is 0 Å². The fourth-order valence-electron chi connectivity index (χ4n) is 1.23. The third-order valence-electron chi connectivity index (χ3n) is 2.12. The van der Waals surface area contributed by atoms with Crippen molar-refractivity contribution in [3.8, 4) is 11.5 Å². The first-order valence-electron chi connectivity index (χ1n) is 4.99. The van der Waals surface area contributed by atoms with Gasteiger partial charge in [0.15, 0.2) is 9.84 Å². The van der Waals surface area contributed by atoms with Crippen LogP contribution in [-0.4, -0.2) is 34.1 Å². The van der Waals surface area contributed by atoms with Gasteiger partial charge in [-0.2, -0.15) is 0 Å². The molecule has 96 valence electrons. The number of hydrogen-bond acceptors (Lipinski definition) is 4. The minimum Gasteiger partial charge on any atom is -0.497 e.